The van der Waals surface area contributed by atoms with Gasteiger partial charge in [0.15, 0.2) is 0 Å². The second kappa shape index (κ2) is 3.50. The Hall–Kier alpha value is -0.210. The first-order chi connectivity index (χ1) is 5.84. The average molecular weight is 223 g/mol. The van der Waals surface area contributed by atoms with E-state index in [0.29, 0.717) is 6.42 Å². The first kappa shape index (κ1) is 10.9. The van der Waals surface area contributed by atoms with Gasteiger partial charge < -0.3 is 5.11 Å². The molecule has 1 fully saturated rings. The van der Waals surface area contributed by atoms with Crippen LogP contribution in [0.2, 0.25) is 0 Å². The highest BCUT2D eigenvalue weighted by Crippen LogP contribution is 2.52. The topological polar surface area (TPSA) is 37.3 Å². The van der Waals surface area contributed by atoms with E-state index >= 15 is 0 Å². The van der Waals surface area contributed by atoms with Gasteiger partial charge in [-0.2, -0.15) is 0 Å². The Morgan fingerprint density at radius 1 is 1.54 bits per heavy atom. The van der Waals surface area contributed by atoms with Crippen molar-refractivity contribution in [3.63, 3.8) is 0 Å². The summed E-state index contributed by atoms with van der Waals surface area (Å²) in [5.74, 6) is -1.15. The van der Waals surface area contributed by atoms with Crippen molar-refractivity contribution in [3.8, 4) is 0 Å². The maximum absolute atomic E-state index is 10.7. The Bertz CT molecular complexity index is 254. The zero-order valence-electron chi connectivity index (χ0n) is 7.55. The summed E-state index contributed by atoms with van der Waals surface area (Å²) in [6.07, 6.45) is 2.32. The second-order valence-corrected chi connectivity index (χ2v) is 5.13. The molecule has 2 nitrogen and oxygen atoms in total. The number of halogens is 2. The van der Waals surface area contributed by atoms with E-state index in [4.69, 9.17) is 28.3 Å². The number of hydrogen-bond acceptors (Lipinski definition) is 1. The normalized spacial score (nSPS) is 30.5. The molecule has 1 aliphatic carbocycles. The maximum Gasteiger partial charge on any atom is 0.307 e. The van der Waals surface area contributed by atoms with Gasteiger partial charge in [-0.05, 0) is 23.8 Å². The molecular formula is C9H12Cl2O2. The molecule has 0 spiro atoms. The average Bonchev–Trinajstić information content (AvgIpc) is 1.96. The van der Waals surface area contributed by atoms with Gasteiger partial charge in [0.1, 0.15) is 4.49 Å². The Kier molecular flexibility index (Phi) is 2.93. The van der Waals surface area contributed by atoms with Crippen molar-refractivity contribution in [2.24, 2.45) is 17.3 Å². The molecule has 0 radical (unpaired) electrons. The van der Waals surface area contributed by atoms with E-state index in [1.807, 2.05) is 13.8 Å². The van der Waals surface area contributed by atoms with Gasteiger partial charge in [0, 0.05) is 0 Å². The molecule has 0 aliphatic heterocycles. The van der Waals surface area contributed by atoms with Gasteiger partial charge in [-0.25, -0.2) is 0 Å². The standard InChI is InChI=1S/C9H12Cl2O2/c1-9(2)4-5(8(12)13)6(9)3-7(10)11/h3,5-6H,4H2,1-2H3,(H,12,13). The fraction of sp³-hybridized carbons (Fsp3) is 0.667. The summed E-state index contributed by atoms with van der Waals surface area (Å²) >= 11 is 11.0. The number of carboxylic acids is 1. The monoisotopic (exact) mass is 222 g/mol. The Morgan fingerprint density at radius 2 is 2.08 bits per heavy atom. The summed E-state index contributed by atoms with van der Waals surface area (Å²) in [5.41, 5.74) is -0.00190. The van der Waals surface area contributed by atoms with Crippen LogP contribution in [-0.2, 0) is 4.79 Å². The molecule has 0 aromatic heterocycles. The van der Waals surface area contributed by atoms with Crippen molar-refractivity contribution in [2.45, 2.75) is 20.3 Å². The number of aliphatic carboxylic acids is 1. The van der Waals surface area contributed by atoms with Crippen molar-refractivity contribution >= 4 is 29.2 Å². The number of rotatable bonds is 2. The lowest BCUT2D eigenvalue weighted by molar-refractivity contribution is -0.153. The second-order valence-electron chi connectivity index (χ2n) is 4.12. The molecule has 0 bridgehead atoms. The number of allylic oxidation sites excluding steroid dienone is 1. The lowest BCUT2D eigenvalue weighted by atomic mass is 9.56. The minimum absolute atomic E-state index is 0.00190. The van der Waals surface area contributed by atoms with Crippen LogP contribution in [0.4, 0.5) is 0 Å². The van der Waals surface area contributed by atoms with E-state index in [1.165, 1.54) is 0 Å². The number of hydrogen-bond donors (Lipinski definition) is 1. The molecule has 2 atom stereocenters. The molecular weight excluding hydrogens is 211 g/mol. The highest BCUT2D eigenvalue weighted by molar-refractivity contribution is 6.55. The molecule has 0 aromatic carbocycles. The van der Waals surface area contributed by atoms with Gasteiger partial charge in [0.05, 0.1) is 5.92 Å². The summed E-state index contributed by atoms with van der Waals surface area (Å²) in [7, 11) is 0. The zero-order chi connectivity index (χ0) is 10.2. The predicted molar refractivity (Wildman–Crippen MR) is 52.8 cm³/mol. The molecule has 1 aliphatic rings. The lowest BCUT2D eigenvalue weighted by Crippen LogP contribution is -2.46. The summed E-state index contributed by atoms with van der Waals surface area (Å²) in [6, 6.07) is 0. The van der Waals surface area contributed by atoms with E-state index in [0.717, 1.165) is 0 Å². The molecule has 74 valence electrons. The summed E-state index contributed by atoms with van der Waals surface area (Å²) in [4.78, 5) is 10.7. The third-order valence-electron chi connectivity index (χ3n) is 2.70. The van der Waals surface area contributed by atoms with Gasteiger partial charge >= 0.3 is 5.97 Å². The Balaban J connectivity index is 2.77. The SMILES string of the molecule is CC1(C)CC(C(=O)O)C1C=C(Cl)Cl. The van der Waals surface area contributed by atoms with Crippen molar-refractivity contribution < 1.29 is 9.90 Å². The van der Waals surface area contributed by atoms with Gasteiger partial charge in [-0.15, -0.1) is 0 Å². The minimum Gasteiger partial charge on any atom is -0.481 e. The van der Waals surface area contributed by atoms with E-state index in [9.17, 15) is 4.79 Å². The molecule has 1 saturated carbocycles. The largest absolute Gasteiger partial charge is 0.481 e. The molecule has 0 saturated heterocycles. The molecule has 1 rings (SSSR count). The molecule has 4 heteroatoms. The van der Waals surface area contributed by atoms with Crippen LogP contribution < -0.4 is 0 Å². The van der Waals surface area contributed by atoms with Crippen LogP contribution in [0, 0.1) is 17.3 Å². The van der Waals surface area contributed by atoms with Crippen molar-refractivity contribution in [1.29, 1.82) is 0 Å². The Morgan fingerprint density at radius 3 is 2.38 bits per heavy atom. The van der Waals surface area contributed by atoms with E-state index < -0.39 is 5.97 Å². The van der Waals surface area contributed by atoms with E-state index in [2.05, 4.69) is 0 Å². The highest BCUT2D eigenvalue weighted by Gasteiger charge is 2.49. The van der Waals surface area contributed by atoms with Crippen LogP contribution in [0.3, 0.4) is 0 Å². The molecule has 13 heavy (non-hydrogen) atoms. The van der Waals surface area contributed by atoms with E-state index in [-0.39, 0.29) is 21.7 Å². The summed E-state index contributed by atoms with van der Waals surface area (Å²) in [6.45, 7) is 4.04. The molecule has 0 aromatic rings. The maximum atomic E-state index is 10.7. The minimum atomic E-state index is -0.768. The van der Waals surface area contributed by atoms with Gasteiger partial charge in [-0.1, -0.05) is 37.0 Å². The molecule has 0 heterocycles. The number of carbonyl (C=O) groups is 1. The van der Waals surface area contributed by atoms with E-state index in [1.54, 1.807) is 6.08 Å². The quantitative estimate of drug-likeness (QED) is 0.781. The fourth-order valence-electron chi connectivity index (χ4n) is 1.93. The summed E-state index contributed by atoms with van der Waals surface area (Å²) < 4.78 is 0.157. The van der Waals surface area contributed by atoms with Crippen molar-refractivity contribution in [3.05, 3.63) is 10.6 Å². The Labute approximate surface area is 87.5 Å². The fourth-order valence-corrected chi connectivity index (χ4v) is 2.20. The van der Waals surface area contributed by atoms with Gasteiger partial charge in [0.25, 0.3) is 0 Å². The smallest absolute Gasteiger partial charge is 0.307 e. The van der Waals surface area contributed by atoms with Crippen LogP contribution in [0.25, 0.3) is 0 Å². The third kappa shape index (κ3) is 2.18. The van der Waals surface area contributed by atoms with Crippen LogP contribution in [0.5, 0.6) is 0 Å². The van der Waals surface area contributed by atoms with Gasteiger partial charge in [-0.3, -0.25) is 4.79 Å². The lowest BCUT2D eigenvalue weighted by Gasteiger charge is -2.48. The van der Waals surface area contributed by atoms with Gasteiger partial charge in [0.2, 0.25) is 0 Å². The molecule has 1 N–H and O–H groups in total. The van der Waals surface area contributed by atoms with Crippen LogP contribution in [-0.4, -0.2) is 11.1 Å². The molecule has 0 amide bonds. The van der Waals surface area contributed by atoms with Crippen LogP contribution in [0.15, 0.2) is 10.6 Å². The zero-order valence-corrected chi connectivity index (χ0v) is 9.06. The first-order valence-corrected chi connectivity index (χ1v) is 4.86. The first-order valence-electron chi connectivity index (χ1n) is 4.10. The van der Waals surface area contributed by atoms with Crippen LogP contribution >= 0.6 is 23.2 Å². The van der Waals surface area contributed by atoms with Crippen molar-refractivity contribution in [1.82, 2.24) is 0 Å². The third-order valence-corrected chi connectivity index (χ3v) is 2.96. The van der Waals surface area contributed by atoms with Crippen LogP contribution in [0.1, 0.15) is 20.3 Å². The summed E-state index contributed by atoms with van der Waals surface area (Å²) in [5, 5.41) is 8.83. The number of carboxylic acid groups (broad SMARTS) is 1. The predicted octanol–water partition coefficient (Wildman–Crippen LogP) is 3.05. The molecule has 2 unspecified atom stereocenters. The van der Waals surface area contributed by atoms with Crippen molar-refractivity contribution in [2.75, 3.05) is 0 Å². The highest BCUT2D eigenvalue weighted by atomic mass is 35.5.